The number of hydrogen-bond donors (Lipinski definition) is 0. The molecular formula is C16H12BrNO7. The van der Waals surface area contributed by atoms with E-state index in [-0.39, 0.29) is 17.7 Å². The topological polar surface area (TPSA) is 121 Å². The zero-order chi connectivity index (χ0) is 18.9. The third-order valence-electron chi connectivity index (χ3n) is 3.59. The number of rotatable bonds is 5. The summed E-state index contributed by atoms with van der Waals surface area (Å²) in [5, 5.41) is 11.4. The molecule has 1 aromatic rings. The van der Waals surface area contributed by atoms with Gasteiger partial charge in [0.25, 0.3) is 0 Å². The van der Waals surface area contributed by atoms with Crippen molar-refractivity contribution < 1.29 is 28.8 Å². The zero-order valence-corrected chi connectivity index (χ0v) is 14.8. The predicted octanol–water partition coefficient (Wildman–Crippen LogP) is 1.97. The molecule has 0 saturated carbocycles. The van der Waals surface area contributed by atoms with Crippen molar-refractivity contribution in [1.29, 1.82) is 0 Å². The lowest BCUT2D eigenvalue weighted by atomic mass is 9.79. The van der Waals surface area contributed by atoms with Crippen LogP contribution in [0.25, 0.3) is 5.57 Å². The average molecular weight is 410 g/mol. The summed E-state index contributed by atoms with van der Waals surface area (Å²) in [6.07, 6.45) is 0. The Morgan fingerprint density at radius 1 is 1.24 bits per heavy atom. The number of nitro groups is 1. The highest BCUT2D eigenvalue weighted by Gasteiger charge is 2.46. The number of ether oxygens (including phenoxy) is 1. The lowest BCUT2D eigenvalue weighted by Crippen LogP contribution is -2.34. The van der Waals surface area contributed by atoms with Crippen molar-refractivity contribution in [3.05, 3.63) is 49.6 Å². The maximum atomic E-state index is 12.2. The van der Waals surface area contributed by atoms with Crippen molar-refractivity contribution >= 4 is 44.8 Å². The van der Waals surface area contributed by atoms with Crippen molar-refractivity contribution in [3.63, 3.8) is 0 Å². The molecule has 9 heteroatoms. The van der Waals surface area contributed by atoms with Crippen LogP contribution in [0.1, 0.15) is 29.8 Å². The summed E-state index contributed by atoms with van der Waals surface area (Å²) in [7, 11) is 0. The third-order valence-corrected chi connectivity index (χ3v) is 4.09. The van der Waals surface area contributed by atoms with Gasteiger partial charge in [0.2, 0.25) is 5.78 Å². The van der Waals surface area contributed by atoms with Gasteiger partial charge in [-0.15, -0.1) is 0 Å². The van der Waals surface area contributed by atoms with Gasteiger partial charge in [0.1, 0.15) is 11.7 Å². The highest BCUT2D eigenvalue weighted by Crippen LogP contribution is 2.37. The number of Topliss-reactive ketones (excluding diaryl/α,β-unsaturated/α-hetero) is 3. The van der Waals surface area contributed by atoms with E-state index in [0.29, 0.717) is 4.47 Å². The zero-order valence-electron chi connectivity index (χ0n) is 13.2. The molecule has 2 rings (SSSR count). The fourth-order valence-electron chi connectivity index (χ4n) is 2.60. The van der Waals surface area contributed by atoms with Crippen LogP contribution in [0.4, 0.5) is 0 Å². The molecule has 0 unspecified atom stereocenters. The number of carbonyl (C=O) groups is 4. The molecule has 0 bridgehead atoms. The summed E-state index contributed by atoms with van der Waals surface area (Å²) in [5.74, 6) is -5.86. The molecule has 0 aliphatic heterocycles. The second kappa shape index (κ2) is 7.06. The first-order valence-corrected chi connectivity index (χ1v) is 7.94. The van der Waals surface area contributed by atoms with E-state index in [1.807, 2.05) is 0 Å². The minimum absolute atomic E-state index is 0.0149. The van der Waals surface area contributed by atoms with Gasteiger partial charge in [0.15, 0.2) is 0 Å². The SMILES string of the molecule is CCOC(=O)[C@H](C(C)=O)C1=C([N+](=O)[O-])C(=O)C(=O)c2ccc(Br)cc21. The maximum Gasteiger partial charge on any atom is 0.325 e. The largest absolute Gasteiger partial charge is 0.465 e. The van der Waals surface area contributed by atoms with E-state index in [9.17, 15) is 29.3 Å². The van der Waals surface area contributed by atoms with Gasteiger partial charge < -0.3 is 4.74 Å². The van der Waals surface area contributed by atoms with Crippen molar-refractivity contribution in [2.24, 2.45) is 5.92 Å². The molecule has 130 valence electrons. The number of benzene rings is 1. The highest BCUT2D eigenvalue weighted by atomic mass is 79.9. The molecule has 0 amide bonds. The van der Waals surface area contributed by atoms with Crippen LogP contribution in [0.5, 0.6) is 0 Å². The Balaban J connectivity index is 2.88. The lowest BCUT2D eigenvalue weighted by molar-refractivity contribution is -0.417. The fraction of sp³-hybridized carbons (Fsp3) is 0.250. The molecule has 1 aliphatic carbocycles. The number of allylic oxidation sites excluding steroid dienone is 1. The smallest absolute Gasteiger partial charge is 0.325 e. The molecular weight excluding hydrogens is 398 g/mol. The number of esters is 1. The number of ketones is 3. The minimum Gasteiger partial charge on any atom is -0.465 e. The number of fused-ring (bicyclic) bond motifs is 1. The average Bonchev–Trinajstić information content (AvgIpc) is 2.51. The molecule has 0 aromatic heterocycles. The van der Waals surface area contributed by atoms with E-state index in [1.54, 1.807) is 0 Å². The van der Waals surface area contributed by atoms with Crippen LogP contribution in [0, 0.1) is 16.0 Å². The first-order valence-electron chi connectivity index (χ1n) is 7.15. The summed E-state index contributed by atoms with van der Waals surface area (Å²) >= 11 is 3.17. The van der Waals surface area contributed by atoms with E-state index in [2.05, 4.69) is 15.9 Å². The Labute approximate surface area is 150 Å². The first-order chi connectivity index (χ1) is 11.7. The van der Waals surface area contributed by atoms with Crippen LogP contribution in [0.2, 0.25) is 0 Å². The van der Waals surface area contributed by atoms with Gasteiger partial charge in [-0.2, -0.15) is 0 Å². The summed E-state index contributed by atoms with van der Waals surface area (Å²) in [4.78, 5) is 59.0. The first kappa shape index (κ1) is 18.7. The Morgan fingerprint density at radius 3 is 2.40 bits per heavy atom. The molecule has 0 saturated heterocycles. The van der Waals surface area contributed by atoms with Crippen LogP contribution >= 0.6 is 15.9 Å². The van der Waals surface area contributed by atoms with E-state index < -0.39 is 45.4 Å². The van der Waals surface area contributed by atoms with Crippen LogP contribution in [-0.4, -0.2) is 34.8 Å². The Bertz CT molecular complexity index is 856. The second-order valence-electron chi connectivity index (χ2n) is 5.16. The van der Waals surface area contributed by atoms with Crippen LogP contribution in [0.15, 0.2) is 28.4 Å². The maximum absolute atomic E-state index is 12.2. The molecule has 0 radical (unpaired) electrons. The van der Waals surface area contributed by atoms with E-state index in [4.69, 9.17) is 4.74 Å². The van der Waals surface area contributed by atoms with E-state index >= 15 is 0 Å². The van der Waals surface area contributed by atoms with Crippen LogP contribution in [-0.2, 0) is 19.1 Å². The van der Waals surface area contributed by atoms with E-state index in [0.717, 1.165) is 6.92 Å². The van der Waals surface area contributed by atoms with Gasteiger partial charge in [-0.25, -0.2) is 0 Å². The monoisotopic (exact) mass is 409 g/mol. The highest BCUT2D eigenvalue weighted by molar-refractivity contribution is 9.10. The molecule has 8 nitrogen and oxygen atoms in total. The molecule has 25 heavy (non-hydrogen) atoms. The van der Waals surface area contributed by atoms with Gasteiger partial charge in [-0.3, -0.25) is 29.3 Å². The predicted molar refractivity (Wildman–Crippen MR) is 88.2 cm³/mol. The Hall–Kier alpha value is -2.68. The van der Waals surface area contributed by atoms with Gasteiger partial charge in [0.05, 0.1) is 17.1 Å². The van der Waals surface area contributed by atoms with Crippen molar-refractivity contribution in [3.8, 4) is 0 Å². The summed E-state index contributed by atoms with van der Waals surface area (Å²) in [6, 6.07) is 4.14. The van der Waals surface area contributed by atoms with E-state index in [1.165, 1.54) is 25.1 Å². The van der Waals surface area contributed by atoms with Gasteiger partial charge in [-0.1, -0.05) is 15.9 Å². The van der Waals surface area contributed by atoms with Crippen LogP contribution in [0.3, 0.4) is 0 Å². The third kappa shape index (κ3) is 3.27. The molecule has 0 fully saturated rings. The quantitative estimate of drug-likeness (QED) is 0.239. The number of carbonyl (C=O) groups excluding carboxylic acids is 4. The number of hydrogen-bond acceptors (Lipinski definition) is 7. The Morgan fingerprint density at radius 2 is 1.88 bits per heavy atom. The summed E-state index contributed by atoms with van der Waals surface area (Å²) in [5.41, 5.74) is -1.62. The second-order valence-corrected chi connectivity index (χ2v) is 6.08. The molecule has 0 heterocycles. The van der Waals surface area contributed by atoms with Gasteiger partial charge in [0, 0.05) is 10.0 Å². The number of nitrogens with zero attached hydrogens (tertiary/aromatic N) is 1. The van der Waals surface area contributed by atoms with Gasteiger partial charge >= 0.3 is 17.4 Å². The fourth-order valence-corrected chi connectivity index (χ4v) is 2.96. The normalized spacial score (nSPS) is 14.8. The summed E-state index contributed by atoms with van der Waals surface area (Å²) in [6.45, 7) is 2.52. The molecule has 1 aromatic carbocycles. The molecule has 0 N–H and O–H groups in total. The van der Waals surface area contributed by atoms with Crippen molar-refractivity contribution in [2.45, 2.75) is 13.8 Å². The number of halogens is 1. The molecule has 1 atom stereocenters. The van der Waals surface area contributed by atoms with Crippen LogP contribution < -0.4 is 0 Å². The van der Waals surface area contributed by atoms with Crippen molar-refractivity contribution in [1.82, 2.24) is 0 Å². The molecule has 0 spiro atoms. The van der Waals surface area contributed by atoms with Crippen molar-refractivity contribution in [2.75, 3.05) is 6.61 Å². The standard InChI is InChI=1S/C16H12BrNO7/c1-3-25-16(22)11(7(2)19)12-10-6-8(17)4-5-9(10)14(20)15(21)13(12)18(23)24/h4-6,11H,3H2,1-2H3/t11-/m1/s1. The lowest BCUT2D eigenvalue weighted by Gasteiger charge is -2.21. The molecule has 1 aliphatic rings. The van der Waals surface area contributed by atoms with Gasteiger partial charge in [-0.05, 0) is 37.6 Å². The minimum atomic E-state index is -1.68. The summed E-state index contributed by atoms with van der Waals surface area (Å²) < 4.78 is 5.29. The Kier molecular flexibility index (Phi) is 5.27.